The van der Waals surface area contributed by atoms with Gasteiger partial charge in [0.2, 0.25) is 0 Å². The maximum atomic E-state index is 14.6. The number of benzene rings is 1. The van der Waals surface area contributed by atoms with Crippen molar-refractivity contribution in [2.45, 2.75) is 39.2 Å². The van der Waals surface area contributed by atoms with E-state index in [1.54, 1.807) is 6.07 Å². The van der Waals surface area contributed by atoms with Crippen LogP contribution in [0.3, 0.4) is 0 Å². The van der Waals surface area contributed by atoms with Gasteiger partial charge in [-0.25, -0.2) is 9.38 Å². The minimum absolute atomic E-state index is 0. The normalized spacial score (nSPS) is 21.4. The van der Waals surface area contributed by atoms with Crippen LogP contribution in [0.5, 0.6) is 0 Å². The Bertz CT molecular complexity index is 689. The van der Waals surface area contributed by atoms with Crippen molar-refractivity contribution in [2.75, 3.05) is 50.8 Å². The number of likely N-dealkylation sites (tertiary alicyclic amines) is 1. The third-order valence-corrected chi connectivity index (χ3v) is 6.26. The maximum absolute atomic E-state index is 14.6. The smallest absolute Gasteiger partial charge is 0.194 e. The van der Waals surface area contributed by atoms with Crippen LogP contribution in [0.2, 0.25) is 0 Å². The topological polar surface area (TPSA) is 40.1 Å². The number of hydrogen-bond donors (Lipinski definition) is 1. The van der Waals surface area contributed by atoms with E-state index in [1.807, 2.05) is 12.1 Å². The van der Waals surface area contributed by atoms with Crippen molar-refractivity contribution in [1.29, 1.82) is 0 Å². The molecule has 28 heavy (non-hydrogen) atoms. The number of rotatable bonds is 4. The molecule has 1 aromatic rings. The van der Waals surface area contributed by atoms with E-state index in [-0.39, 0.29) is 29.8 Å². The van der Waals surface area contributed by atoms with Crippen LogP contribution >= 0.6 is 24.0 Å². The zero-order valence-electron chi connectivity index (χ0n) is 16.8. The standard InChI is InChI=1S/C21H31FN4O.HI/c1-2-23-20(26-9-8-21(16-26)6-3-7-21)24-15-17-4-5-19(18(22)14-17)25-10-12-27-13-11-25;/h4-5,14H,2-3,6-13,15-16H2,1H3,(H,23,24);1H. The van der Waals surface area contributed by atoms with E-state index < -0.39 is 0 Å². The molecular formula is C21H32FIN4O. The Balaban J connectivity index is 0.00000225. The average molecular weight is 502 g/mol. The highest BCUT2D eigenvalue weighted by Crippen LogP contribution is 2.47. The number of anilines is 1. The first-order chi connectivity index (χ1) is 13.2. The number of ether oxygens (including phenoxy) is 1. The van der Waals surface area contributed by atoms with Gasteiger partial charge in [0, 0.05) is 32.7 Å². The molecule has 7 heteroatoms. The number of aliphatic imine (C=N–C) groups is 1. The first-order valence-electron chi connectivity index (χ1n) is 10.3. The van der Waals surface area contributed by atoms with Crippen molar-refractivity contribution in [3.8, 4) is 0 Å². The second-order valence-corrected chi connectivity index (χ2v) is 8.08. The van der Waals surface area contributed by atoms with Crippen LogP contribution in [0.25, 0.3) is 0 Å². The van der Waals surface area contributed by atoms with Gasteiger partial charge < -0.3 is 19.9 Å². The molecule has 0 radical (unpaired) electrons. The summed E-state index contributed by atoms with van der Waals surface area (Å²) in [5.41, 5.74) is 2.13. The third-order valence-electron chi connectivity index (χ3n) is 6.26. The van der Waals surface area contributed by atoms with Gasteiger partial charge in [0.25, 0.3) is 0 Å². The Kier molecular flexibility index (Phi) is 7.42. The highest BCUT2D eigenvalue weighted by atomic mass is 127. The Labute approximate surface area is 184 Å². The fourth-order valence-electron chi connectivity index (χ4n) is 4.50. The number of nitrogens with zero attached hydrogens (tertiary/aromatic N) is 3. The molecule has 1 aromatic carbocycles. The molecule has 1 saturated carbocycles. The second kappa shape index (κ2) is 9.61. The third kappa shape index (κ3) is 4.72. The number of halogens is 2. The summed E-state index contributed by atoms with van der Waals surface area (Å²) in [6.07, 6.45) is 5.37. The van der Waals surface area contributed by atoms with Gasteiger partial charge in [-0.15, -0.1) is 24.0 Å². The summed E-state index contributed by atoms with van der Waals surface area (Å²) in [5.74, 6) is 0.808. The van der Waals surface area contributed by atoms with Crippen LogP contribution in [0, 0.1) is 11.2 Å². The van der Waals surface area contributed by atoms with Crippen molar-refractivity contribution in [2.24, 2.45) is 10.4 Å². The van der Waals surface area contributed by atoms with E-state index in [0.29, 0.717) is 30.9 Å². The molecule has 0 aromatic heterocycles. The second-order valence-electron chi connectivity index (χ2n) is 8.08. The fraction of sp³-hybridized carbons (Fsp3) is 0.667. The Morgan fingerprint density at radius 2 is 2.00 bits per heavy atom. The lowest BCUT2D eigenvalue weighted by Gasteiger charge is -2.38. The van der Waals surface area contributed by atoms with Gasteiger partial charge in [-0.1, -0.05) is 12.5 Å². The Hall–Kier alpha value is -1.09. The van der Waals surface area contributed by atoms with Crippen LogP contribution < -0.4 is 10.2 Å². The van der Waals surface area contributed by atoms with Gasteiger partial charge in [0.15, 0.2) is 5.96 Å². The highest BCUT2D eigenvalue weighted by Gasteiger charge is 2.43. The van der Waals surface area contributed by atoms with Crippen LogP contribution in [-0.4, -0.2) is 56.8 Å². The first-order valence-corrected chi connectivity index (χ1v) is 10.3. The van der Waals surface area contributed by atoms with E-state index in [1.165, 1.54) is 25.7 Å². The monoisotopic (exact) mass is 502 g/mol. The lowest BCUT2D eigenvalue weighted by molar-refractivity contribution is 0.122. The summed E-state index contributed by atoms with van der Waals surface area (Å²) in [6, 6.07) is 5.52. The van der Waals surface area contributed by atoms with E-state index >= 15 is 0 Å². The Morgan fingerprint density at radius 3 is 2.61 bits per heavy atom. The molecule has 0 bridgehead atoms. The van der Waals surface area contributed by atoms with Crippen LogP contribution in [0.1, 0.15) is 38.2 Å². The zero-order valence-corrected chi connectivity index (χ0v) is 19.1. The molecule has 2 aliphatic heterocycles. The van der Waals surface area contributed by atoms with Gasteiger partial charge in [0.1, 0.15) is 5.82 Å². The number of guanidine groups is 1. The van der Waals surface area contributed by atoms with Crippen molar-refractivity contribution < 1.29 is 9.13 Å². The van der Waals surface area contributed by atoms with Crippen LogP contribution in [0.4, 0.5) is 10.1 Å². The van der Waals surface area contributed by atoms with E-state index in [4.69, 9.17) is 9.73 Å². The molecule has 1 N–H and O–H groups in total. The number of nitrogens with one attached hydrogen (secondary N) is 1. The van der Waals surface area contributed by atoms with Gasteiger partial charge in [-0.2, -0.15) is 0 Å². The summed E-state index contributed by atoms with van der Waals surface area (Å²) in [4.78, 5) is 9.25. The molecule has 3 aliphatic rings. The van der Waals surface area contributed by atoms with Gasteiger partial charge in [-0.3, -0.25) is 0 Å². The van der Waals surface area contributed by atoms with Crippen molar-refractivity contribution in [1.82, 2.24) is 10.2 Å². The zero-order chi connectivity index (χ0) is 18.7. The average Bonchev–Trinajstić information content (AvgIpc) is 3.12. The molecule has 4 rings (SSSR count). The van der Waals surface area contributed by atoms with Crippen LogP contribution in [-0.2, 0) is 11.3 Å². The summed E-state index contributed by atoms with van der Waals surface area (Å²) < 4.78 is 20.0. The fourth-order valence-corrected chi connectivity index (χ4v) is 4.50. The lowest BCUT2D eigenvalue weighted by atomic mass is 9.68. The predicted octanol–water partition coefficient (Wildman–Crippen LogP) is 3.62. The first kappa shape index (κ1) is 21.6. The summed E-state index contributed by atoms with van der Waals surface area (Å²) in [7, 11) is 0. The van der Waals surface area contributed by atoms with E-state index in [0.717, 1.165) is 44.2 Å². The molecule has 0 amide bonds. The largest absolute Gasteiger partial charge is 0.378 e. The van der Waals surface area contributed by atoms with Crippen molar-refractivity contribution >= 4 is 35.6 Å². The summed E-state index contributed by atoms with van der Waals surface area (Å²) in [5, 5.41) is 3.42. The minimum atomic E-state index is -0.163. The summed E-state index contributed by atoms with van der Waals surface area (Å²) in [6.45, 7) is 8.47. The molecule has 0 unspecified atom stereocenters. The molecule has 5 nitrogen and oxygen atoms in total. The molecule has 1 aliphatic carbocycles. The van der Waals surface area contributed by atoms with Gasteiger partial charge in [-0.05, 0) is 49.3 Å². The molecule has 156 valence electrons. The molecule has 1 spiro atoms. The molecular weight excluding hydrogens is 470 g/mol. The van der Waals surface area contributed by atoms with Gasteiger partial charge >= 0.3 is 0 Å². The molecule has 2 heterocycles. The SMILES string of the molecule is CCNC(=NCc1ccc(N2CCOCC2)c(F)c1)N1CCC2(CCC2)C1.I. The minimum Gasteiger partial charge on any atom is -0.378 e. The maximum Gasteiger partial charge on any atom is 0.194 e. The van der Waals surface area contributed by atoms with Gasteiger partial charge in [0.05, 0.1) is 25.4 Å². The van der Waals surface area contributed by atoms with Crippen molar-refractivity contribution in [3.63, 3.8) is 0 Å². The van der Waals surface area contributed by atoms with Crippen LogP contribution in [0.15, 0.2) is 23.2 Å². The molecule has 2 saturated heterocycles. The van der Waals surface area contributed by atoms with E-state index in [9.17, 15) is 4.39 Å². The van der Waals surface area contributed by atoms with E-state index in [2.05, 4.69) is 22.0 Å². The number of hydrogen-bond acceptors (Lipinski definition) is 3. The Morgan fingerprint density at radius 1 is 1.21 bits per heavy atom. The molecule has 3 fully saturated rings. The number of morpholine rings is 1. The summed E-state index contributed by atoms with van der Waals surface area (Å²) >= 11 is 0. The highest BCUT2D eigenvalue weighted by molar-refractivity contribution is 14.0. The van der Waals surface area contributed by atoms with Crippen molar-refractivity contribution in [3.05, 3.63) is 29.6 Å². The quantitative estimate of drug-likeness (QED) is 0.388. The lowest BCUT2D eigenvalue weighted by Crippen LogP contribution is -2.42. The molecule has 0 atom stereocenters. The predicted molar refractivity (Wildman–Crippen MR) is 122 cm³/mol.